The van der Waals surface area contributed by atoms with Crippen molar-refractivity contribution < 1.29 is 18.8 Å². The predicted molar refractivity (Wildman–Crippen MR) is 176 cm³/mol. The molecule has 44 heavy (non-hydrogen) atoms. The zero-order valence-corrected chi connectivity index (χ0v) is 24.8. The molecule has 1 heterocycles. The number of allylic oxidation sites excluding steroid dienone is 1. The number of esters is 1. The Bertz CT molecular complexity index is 1490. The summed E-state index contributed by atoms with van der Waals surface area (Å²) in [5.41, 5.74) is 2.58. The molecule has 0 N–H and O–H groups in total. The van der Waals surface area contributed by atoms with Crippen molar-refractivity contribution in [2.75, 3.05) is 6.61 Å². The topological polar surface area (TPSA) is 44.8 Å². The van der Waals surface area contributed by atoms with Gasteiger partial charge in [-0.05, 0) is 34.7 Å². The fourth-order valence-corrected chi connectivity index (χ4v) is 6.29. The summed E-state index contributed by atoms with van der Waals surface area (Å²) in [6.45, 7) is 2.12. The number of ether oxygens (including phenoxy) is 1. The van der Waals surface area contributed by atoms with E-state index in [1.54, 1.807) is 0 Å². The zero-order chi connectivity index (χ0) is 30.2. The Balaban J connectivity index is 1.62. The molecule has 5 heteroatoms. The second-order valence-electron chi connectivity index (χ2n) is 10.9. The average molecular weight is 579 g/mol. The van der Waals surface area contributed by atoms with E-state index in [-0.39, 0.29) is 12.4 Å². The molecule has 0 unspecified atom stereocenters. The Hall–Kier alpha value is -4.71. The summed E-state index contributed by atoms with van der Waals surface area (Å²) >= 11 is 0. The maximum absolute atomic E-state index is 13.1. The molecule has 1 aliphatic heterocycles. The van der Waals surface area contributed by atoms with Gasteiger partial charge >= 0.3 is 13.1 Å². The lowest BCUT2D eigenvalue weighted by Gasteiger charge is -2.46. The number of hydrogen-bond donors (Lipinski definition) is 0. The first kappa shape index (κ1) is 29.4. The number of carbonyl (C=O) groups is 1. The molecule has 218 valence electrons. The molecular formula is C39H35BO4. The summed E-state index contributed by atoms with van der Waals surface area (Å²) in [5, 5.41) is 0. The number of carbonyl (C=O) groups excluding carboxylic acids is 1. The molecule has 1 atom stereocenters. The Labute approximate surface area is 260 Å². The van der Waals surface area contributed by atoms with Crippen LogP contribution in [-0.2, 0) is 30.0 Å². The van der Waals surface area contributed by atoms with Gasteiger partial charge in [-0.3, -0.25) is 4.79 Å². The maximum atomic E-state index is 13.1. The third kappa shape index (κ3) is 5.53. The lowest BCUT2D eigenvalue weighted by molar-refractivity contribution is -0.143. The quantitative estimate of drug-likeness (QED) is 0.123. The van der Waals surface area contributed by atoms with E-state index in [4.69, 9.17) is 14.0 Å². The monoisotopic (exact) mass is 578 g/mol. The molecule has 6 rings (SSSR count). The van der Waals surface area contributed by atoms with Crippen molar-refractivity contribution >= 4 is 19.2 Å². The summed E-state index contributed by atoms with van der Waals surface area (Å²) in [4.78, 5) is 13.1. The van der Waals surface area contributed by atoms with E-state index in [1.807, 2.05) is 122 Å². The third-order valence-electron chi connectivity index (χ3n) is 8.20. The van der Waals surface area contributed by atoms with E-state index in [0.29, 0.717) is 6.61 Å². The zero-order valence-electron chi connectivity index (χ0n) is 24.8. The molecule has 1 aliphatic rings. The van der Waals surface area contributed by atoms with Crippen LogP contribution in [0.2, 0.25) is 5.82 Å². The highest BCUT2D eigenvalue weighted by Crippen LogP contribution is 2.60. The van der Waals surface area contributed by atoms with Crippen LogP contribution >= 0.6 is 0 Å². The average Bonchev–Trinajstić information content (AvgIpc) is 3.47. The van der Waals surface area contributed by atoms with Gasteiger partial charge in [0.15, 0.2) is 0 Å². The van der Waals surface area contributed by atoms with Crippen LogP contribution in [0.5, 0.6) is 0 Å². The van der Waals surface area contributed by atoms with Crippen LogP contribution in [0.15, 0.2) is 158 Å². The summed E-state index contributed by atoms with van der Waals surface area (Å²) < 4.78 is 20.2. The van der Waals surface area contributed by atoms with Crippen molar-refractivity contribution in [2.45, 2.75) is 30.4 Å². The Kier molecular flexibility index (Phi) is 8.87. The van der Waals surface area contributed by atoms with Crippen LogP contribution in [0.3, 0.4) is 0 Å². The normalized spacial score (nSPS) is 16.1. The molecule has 0 radical (unpaired) electrons. The molecule has 1 fully saturated rings. The first-order valence-electron chi connectivity index (χ1n) is 15.1. The van der Waals surface area contributed by atoms with Crippen LogP contribution in [-0.4, -0.2) is 19.7 Å². The van der Waals surface area contributed by atoms with E-state index in [1.165, 1.54) is 0 Å². The van der Waals surface area contributed by atoms with E-state index in [9.17, 15) is 4.79 Å². The summed E-state index contributed by atoms with van der Waals surface area (Å²) in [6, 6.07) is 51.1. The minimum absolute atomic E-state index is 0.0984. The lowest BCUT2D eigenvalue weighted by atomic mass is 9.66. The van der Waals surface area contributed by atoms with Gasteiger partial charge in [0.1, 0.15) is 11.2 Å². The van der Waals surface area contributed by atoms with E-state index >= 15 is 0 Å². The third-order valence-corrected chi connectivity index (χ3v) is 8.20. The lowest BCUT2D eigenvalue weighted by Crippen LogP contribution is -2.48. The van der Waals surface area contributed by atoms with Gasteiger partial charge in [0.2, 0.25) is 0 Å². The fraction of sp³-hybridized carbons (Fsp3) is 0.154. The molecule has 1 saturated heterocycles. The van der Waals surface area contributed by atoms with Crippen LogP contribution in [0, 0.1) is 0 Å². The highest BCUT2D eigenvalue weighted by Gasteiger charge is 2.66. The molecule has 5 aromatic rings. The minimum Gasteiger partial charge on any atom is -0.466 e. The van der Waals surface area contributed by atoms with Crippen molar-refractivity contribution in [3.8, 4) is 0 Å². The van der Waals surface area contributed by atoms with Crippen LogP contribution in [0.4, 0.5) is 0 Å². The predicted octanol–water partition coefficient (Wildman–Crippen LogP) is 8.45. The summed E-state index contributed by atoms with van der Waals surface area (Å²) in [5.74, 6) is -0.750. The van der Waals surface area contributed by atoms with Gasteiger partial charge in [0.25, 0.3) is 0 Å². The Morgan fingerprint density at radius 3 is 1.36 bits per heavy atom. The van der Waals surface area contributed by atoms with Gasteiger partial charge in [-0.25, -0.2) is 0 Å². The van der Waals surface area contributed by atoms with Crippen LogP contribution < -0.4 is 0 Å². The first-order chi connectivity index (χ1) is 21.7. The van der Waals surface area contributed by atoms with E-state index in [0.717, 1.165) is 27.8 Å². The standard InChI is InChI=1S/C39H35BO4/c1-2-42-37(41)30-36(29-28-31-18-8-3-9-19-31)40-43-38(32-20-10-4-11-21-32,33-22-12-5-13-23-33)39(44-40,34-24-14-6-15-25-34)35-26-16-7-17-27-35/h3-29,36H,2,30H2,1H3/b29-28+/t36-/m1/s1. The van der Waals surface area contributed by atoms with Gasteiger partial charge in [-0.2, -0.15) is 0 Å². The molecule has 0 aromatic heterocycles. The molecule has 0 aliphatic carbocycles. The van der Waals surface area contributed by atoms with Crippen molar-refractivity contribution in [1.29, 1.82) is 0 Å². The van der Waals surface area contributed by atoms with Gasteiger partial charge in [-0.1, -0.05) is 164 Å². The molecule has 0 amide bonds. The number of rotatable bonds is 10. The van der Waals surface area contributed by atoms with E-state index < -0.39 is 24.1 Å². The molecule has 4 nitrogen and oxygen atoms in total. The highest BCUT2D eigenvalue weighted by atomic mass is 16.7. The second kappa shape index (κ2) is 13.3. The van der Waals surface area contributed by atoms with Crippen LogP contribution in [0.25, 0.3) is 6.08 Å². The Morgan fingerprint density at radius 1 is 0.636 bits per heavy atom. The van der Waals surface area contributed by atoms with Crippen molar-refractivity contribution in [1.82, 2.24) is 0 Å². The van der Waals surface area contributed by atoms with E-state index in [2.05, 4.69) is 48.5 Å². The van der Waals surface area contributed by atoms with Crippen molar-refractivity contribution in [3.63, 3.8) is 0 Å². The van der Waals surface area contributed by atoms with Crippen molar-refractivity contribution in [2.24, 2.45) is 0 Å². The number of benzene rings is 5. The molecular weight excluding hydrogens is 543 g/mol. The van der Waals surface area contributed by atoms with Gasteiger partial charge in [-0.15, -0.1) is 0 Å². The first-order valence-corrected chi connectivity index (χ1v) is 15.1. The van der Waals surface area contributed by atoms with Gasteiger partial charge in [0, 0.05) is 5.82 Å². The van der Waals surface area contributed by atoms with Crippen molar-refractivity contribution in [3.05, 3.63) is 186 Å². The molecule has 5 aromatic carbocycles. The fourth-order valence-electron chi connectivity index (χ4n) is 6.29. The SMILES string of the molecule is CCOC(=O)C[C@@H](/C=C/c1ccccc1)B1OC(c2ccccc2)(c2ccccc2)C(c2ccccc2)(c2ccccc2)O1. The maximum Gasteiger partial charge on any atom is 0.466 e. The largest absolute Gasteiger partial charge is 0.466 e. The van der Waals surface area contributed by atoms with Gasteiger partial charge in [0.05, 0.1) is 13.0 Å². The highest BCUT2D eigenvalue weighted by molar-refractivity contribution is 6.49. The minimum atomic E-state index is -1.11. The van der Waals surface area contributed by atoms with Crippen LogP contribution in [0.1, 0.15) is 41.2 Å². The summed E-state index contributed by atoms with van der Waals surface area (Å²) in [6.07, 6.45) is 4.14. The molecule has 0 saturated carbocycles. The number of hydrogen-bond acceptors (Lipinski definition) is 4. The smallest absolute Gasteiger partial charge is 0.466 e. The summed E-state index contributed by atoms with van der Waals surface area (Å²) in [7, 11) is -0.805. The molecule has 0 spiro atoms. The molecule has 0 bridgehead atoms. The Morgan fingerprint density at radius 2 is 1.00 bits per heavy atom. The van der Waals surface area contributed by atoms with Gasteiger partial charge < -0.3 is 14.0 Å². The second-order valence-corrected chi connectivity index (χ2v) is 10.9.